The molecule has 478 valence electrons. The van der Waals surface area contributed by atoms with Gasteiger partial charge in [0, 0.05) is 81.2 Å². The van der Waals surface area contributed by atoms with Crippen molar-refractivity contribution in [2.45, 2.75) is 153 Å². The predicted molar refractivity (Wildman–Crippen MR) is 320 cm³/mol. The number of H-pyrrole nitrogens is 2. The van der Waals surface area contributed by atoms with Crippen LogP contribution in [0.5, 0.6) is 5.75 Å². The highest BCUT2D eigenvalue weighted by Gasteiger charge is 2.39. The van der Waals surface area contributed by atoms with Gasteiger partial charge in [-0.05, 0) is 87.6 Å². The molecule has 2 aliphatic heterocycles. The zero-order valence-corrected chi connectivity index (χ0v) is 49.9. The molecule has 2 aromatic heterocycles. The van der Waals surface area contributed by atoms with Crippen LogP contribution in [0, 0.1) is 5.92 Å². The Hall–Kier alpha value is -9.61. The Labute approximate surface area is 507 Å². The number of carbonyl (C=O) groups is 11. The number of para-hydroxylation sites is 1. The molecular weight excluding hydrogens is 1140 g/mol. The van der Waals surface area contributed by atoms with Gasteiger partial charge in [0.15, 0.2) is 5.96 Å². The monoisotopic (exact) mass is 1230 g/mol. The lowest BCUT2D eigenvalue weighted by Gasteiger charge is -2.30. The molecule has 2 fully saturated rings. The summed E-state index contributed by atoms with van der Waals surface area (Å²) in [6.07, 6.45) is 5.75. The third kappa shape index (κ3) is 21.4. The van der Waals surface area contributed by atoms with Crippen molar-refractivity contribution in [3.63, 3.8) is 0 Å². The number of aliphatic hydroxyl groups is 1. The summed E-state index contributed by atoms with van der Waals surface area (Å²) in [6.45, 7) is 7.60. The standard InChI is InChI=1S/C56H78N16O12.C2H4O2/c1-5-60-54(83)45-13-9-21-72(45)55(84)39(12-8-20-61-56(57)58)66-50(79)40(22-30(2)3)67-47(76)31(4)64-49(78)41(23-32-14-16-35(74)17-15-32)68-53(82)44(28-73)71-51(80)42(24-33-26-62-37-11-7-6-10-36(33)37)69-52(81)43(25-34-27-59-29-63-34)70-48(77)38-18-19-46(75)65-38;1-2(3)4/h6-7,10-11,14-17,26-27,29-31,38-45,62,73-74H,5,8-9,12-13,18-25,28H2,1-4H3,(H,59,63)(H,60,83)(H,64,78)(H,65,75)(H,66,79)(H,67,76)(H,68,82)(H,69,81)(H,70,77)(H,71,80)(H4,57,58,61);1H3,(H,3,4)/t31-,38+,39+,40+,41+,42+,43+,44+,45+;/m0./s1. The number of carbonyl (C=O) groups excluding carboxylic acids is 10. The Bertz CT molecular complexity index is 3090. The number of fused-ring (bicyclic) bond motifs is 1. The van der Waals surface area contributed by atoms with Crippen LogP contribution in [0.25, 0.3) is 10.9 Å². The van der Waals surface area contributed by atoms with Gasteiger partial charge < -0.3 is 89.5 Å². The SMILES string of the molecule is CC(=O)O.CCNC(=O)[C@H]1CCCN1C(=O)[C@@H](CCCN=C(N)N)NC(=O)[C@@H](CC(C)C)NC(=O)[C@H](C)NC(=O)[C@@H](Cc1ccc(O)cc1)NC(=O)[C@@H](CO)NC(=O)[C@@H](Cc1c[nH]c2ccccc12)NC(=O)[C@@H](Cc1cnc[nH]1)NC(=O)[C@H]1CCC(=O)N1. The average molecular weight is 1230 g/mol. The van der Waals surface area contributed by atoms with Gasteiger partial charge in [0.25, 0.3) is 5.97 Å². The molecule has 0 spiro atoms. The summed E-state index contributed by atoms with van der Waals surface area (Å²) in [5, 5.41) is 52.7. The molecule has 30 nitrogen and oxygen atoms in total. The molecular formula is C58H82N16O14. The van der Waals surface area contributed by atoms with Gasteiger partial charge in [-0.2, -0.15) is 0 Å². The van der Waals surface area contributed by atoms with Gasteiger partial charge >= 0.3 is 0 Å². The van der Waals surface area contributed by atoms with Crippen LogP contribution in [0.15, 0.2) is 72.2 Å². The molecule has 2 saturated heterocycles. The number of nitrogens with one attached hydrogen (secondary N) is 11. The van der Waals surface area contributed by atoms with E-state index in [2.05, 4.69) is 67.8 Å². The van der Waals surface area contributed by atoms with Gasteiger partial charge in [-0.3, -0.25) is 57.7 Å². The van der Waals surface area contributed by atoms with Gasteiger partial charge in [0.2, 0.25) is 59.1 Å². The number of benzene rings is 2. The number of aromatic amines is 2. The summed E-state index contributed by atoms with van der Waals surface area (Å²) in [5.74, 6) is -8.26. The zero-order valence-electron chi connectivity index (χ0n) is 49.9. The highest BCUT2D eigenvalue weighted by atomic mass is 16.4. The van der Waals surface area contributed by atoms with E-state index in [1.54, 1.807) is 31.3 Å². The molecule has 6 rings (SSSR count). The van der Waals surface area contributed by atoms with Crippen LogP contribution in [0.3, 0.4) is 0 Å². The molecule has 4 heterocycles. The van der Waals surface area contributed by atoms with E-state index >= 15 is 0 Å². The minimum atomic E-state index is -1.75. The van der Waals surface area contributed by atoms with E-state index in [1.165, 1.54) is 48.6 Å². The van der Waals surface area contributed by atoms with E-state index in [0.717, 1.165) is 12.4 Å². The lowest BCUT2D eigenvalue weighted by atomic mass is 10.0. The largest absolute Gasteiger partial charge is 0.508 e. The van der Waals surface area contributed by atoms with Gasteiger partial charge in [0.05, 0.1) is 12.9 Å². The molecule has 4 aromatic rings. The van der Waals surface area contributed by atoms with Gasteiger partial charge in [-0.15, -0.1) is 0 Å². The highest BCUT2D eigenvalue weighted by Crippen LogP contribution is 2.22. The van der Waals surface area contributed by atoms with Crippen molar-refractivity contribution in [2.24, 2.45) is 22.4 Å². The Balaban J connectivity index is 0.00000342. The van der Waals surface area contributed by atoms with Crippen molar-refractivity contribution in [3.05, 3.63) is 84.1 Å². The number of carboxylic acids is 1. The summed E-state index contributed by atoms with van der Waals surface area (Å²) in [6, 6.07) is 1.50. The number of nitrogens with zero attached hydrogens (tertiary/aromatic N) is 3. The molecule has 0 radical (unpaired) electrons. The number of aliphatic hydroxyl groups excluding tert-OH is 1. The van der Waals surface area contributed by atoms with Crippen molar-refractivity contribution in [1.29, 1.82) is 0 Å². The number of likely N-dealkylation sites (tertiary alicyclic amines) is 1. The normalized spacial score (nSPS) is 16.8. The number of phenols is 1. The summed E-state index contributed by atoms with van der Waals surface area (Å²) in [7, 11) is 0. The number of guanidine groups is 1. The van der Waals surface area contributed by atoms with E-state index in [0.29, 0.717) is 41.6 Å². The van der Waals surface area contributed by atoms with E-state index < -0.39 is 114 Å². The third-order valence-electron chi connectivity index (χ3n) is 14.3. The number of rotatable bonds is 30. The van der Waals surface area contributed by atoms with Gasteiger partial charge in [-0.1, -0.05) is 44.2 Å². The molecule has 0 bridgehead atoms. The number of amides is 10. The van der Waals surface area contributed by atoms with Crippen molar-refractivity contribution in [3.8, 4) is 5.75 Å². The minimum Gasteiger partial charge on any atom is -0.508 e. The maximum atomic E-state index is 14.5. The van der Waals surface area contributed by atoms with Crippen LogP contribution >= 0.6 is 0 Å². The molecule has 18 N–H and O–H groups in total. The number of likely N-dealkylation sites (N-methyl/N-ethyl adjacent to an activating group) is 1. The number of hydrogen-bond acceptors (Lipinski definition) is 15. The van der Waals surface area contributed by atoms with Crippen LogP contribution in [0.2, 0.25) is 0 Å². The first-order chi connectivity index (χ1) is 41.9. The van der Waals surface area contributed by atoms with E-state index in [1.807, 2.05) is 19.9 Å². The lowest BCUT2D eigenvalue weighted by Crippen LogP contribution is -2.61. The van der Waals surface area contributed by atoms with Crippen molar-refractivity contribution < 1.29 is 68.1 Å². The number of aliphatic carboxylic acids is 1. The van der Waals surface area contributed by atoms with Crippen LogP contribution in [0.1, 0.15) is 96.4 Å². The number of nitrogens with two attached hydrogens (primary N) is 2. The third-order valence-corrected chi connectivity index (χ3v) is 14.3. The topological polar surface area (TPSA) is 469 Å². The lowest BCUT2D eigenvalue weighted by molar-refractivity contribution is -0.142. The average Bonchev–Trinajstić information content (AvgIpc) is 4.56. The van der Waals surface area contributed by atoms with Crippen LogP contribution in [-0.4, -0.2) is 187 Å². The number of imidazole rings is 1. The molecule has 0 saturated carbocycles. The van der Waals surface area contributed by atoms with Crippen molar-refractivity contribution in [2.75, 3.05) is 26.2 Å². The Morgan fingerprint density at radius 1 is 0.739 bits per heavy atom. The fourth-order valence-corrected chi connectivity index (χ4v) is 9.93. The number of aromatic hydroxyl groups is 1. The number of hydrogen-bond donors (Lipinski definition) is 16. The molecule has 2 aliphatic rings. The number of aliphatic imine (C=N–C) groups is 1. The fourth-order valence-electron chi connectivity index (χ4n) is 9.93. The second-order valence-corrected chi connectivity index (χ2v) is 21.8. The first kappa shape index (κ1) is 69.2. The summed E-state index contributed by atoms with van der Waals surface area (Å²) in [5.41, 5.74) is 13.2. The Morgan fingerprint density at radius 2 is 1.34 bits per heavy atom. The maximum Gasteiger partial charge on any atom is 0.300 e. The number of phenolic OH excluding ortho intramolecular Hbond substituents is 1. The zero-order chi connectivity index (χ0) is 64.6. The first-order valence-electron chi connectivity index (χ1n) is 29.0. The predicted octanol–water partition coefficient (Wildman–Crippen LogP) is -2.37. The molecule has 0 unspecified atom stereocenters. The number of aromatic nitrogens is 3. The minimum absolute atomic E-state index is 0.0879. The second kappa shape index (κ2) is 33.9. The fraction of sp³-hybridized carbons (Fsp3) is 0.500. The first-order valence-corrected chi connectivity index (χ1v) is 29.0. The maximum absolute atomic E-state index is 14.5. The Kier molecular flexibility index (Phi) is 26.7. The quantitative estimate of drug-likeness (QED) is 0.0147. The highest BCUT2D eigenvalue weighted by molar-refractivity contribution is 5.99. The Morgan fingerprint density at radius 3 is 1.95 bits per heavy atom. The molecule has 2 aromatic carbocycles. The molecule has 9 atom stereocenters. The van der Waals surface area contributed by atoms with Crippen LogP contribution in [-0.2, 0) is 72.0 Å². The molecule has 0 aliphatic carbocycles. The van der Waals surface area contributed by atoms with Crippen molar-refractivity contribution >= 4 is 81.9 Å². The molecule has 30 heteroatoms. The van der Waals surface area contributed by atoms with Crippen LogP contribution in [0.4, 0.5) is 0 Å². The van der Waals surface area contributed by atoms with E-state index in [-0.39, 0.29) is 93.9 Å². The second-order valence-electron chi connectivity index (χ2n) is 21.8. The summed E-state index contributed by atoms with van der Waals surface area (Å²) < 4.78 is 0. The molecule has 88 heavy (non-hydrogen) atoms. The van der Waals surface area contributed by atoms with Crippen LogP contribution < -0.4 is 59.3 Å². The smallest absolute Gasteiger partial charge is 0.300 e. The molecule has 10 amide bonds. The van der Waals surface area contributed by atoms with Crippen molar-refractivity contribution in [1.82, 2.24) is 67.7 Å². The number of carboxylic acid groups (broad SMARTS) is 1. The van der Waals surface area contributed by atoms with E-state index in [4.69, 9.17) is 21.4 Å². The summed E-state index contributed by atoms with van der Waals surface area (Å²) in [4.78, 5) is 162. The van der Waals surface area contributed by atoms with Gasteiger partial charge in [-0.25, -0.2) is 4.98 Å². The van der Waals surface area contributed by atoms with Gasteiger partial charge in [0.1, 0.15) is 60.1 Å². The van der Waals surface area contributed by atoms with E-state index in [9.17, 15) is 58.2 Å². The summed E-state index contributed by atoms with van der Waals surface area (Å²) >= 11 is 0.